The molecule has 2 aromatic carbocycles. The van der Waals surface area contributed by atoms with Crippen molar-refractivity contribution in [2.75, 3.05) is 0 Å². The smallest absolute Gasteiger partial charge is 0.00854 e. The van der Waals surface area contributed by atoms with Gasteiger partial charge in [0, 0.05) is 0 Å². The van der Waals surface area contributed by atoms with Crippen molar-refractivity contribution in [2.45, 2.75) is 53.9 Å². The average molecular weight is 321 g/mol. The highest BCUT2D eigenvalue weighted by atomic mass is 14.2. The lowest BCUT2D eigenvalue weighted by molar-refractivity contribution is 0.647. The summed E-state index contributed by atoms with van der Waals surface area (Å²) in [6.07, 6.45) is 5.93. The lowest BCUT2D eigenvalue weighted by Gasteiger charge is -2.07. The van der Waals surface area contributed by atoms with Gasteiger partial charge in [-0.05, 0) is 60.3 Å². The van der Waals surface area contributed by atoms with E-state index in [1.54, 1.807) is 5.57 Å². The molecular formula is C24H32. The summed E-state index contributed by atoms with van der Waals surface area (Å²) in [5.41, 5.74) is 7.32. The highest BCUT2D eigenvalue weighted by molar-refractivity contribution is 5.72. The molecule has 0 aromatic heterocycles. The molecule has 3 rings (SSSR count). The summed E-state index contributed by atoms with van der Waals surface area (Å²) in [6.45, 7) is 11.2. The zero-order valence-corrected chi connectivity index (χ0v) is 16.0. The number of fused-ring (bicyclic) bond motifs is 1. The molecule has 0 spiro atoms. The van der Waals surface area contributed by atoms with Gasteiger partial charge in [0.05, 0.1) is 0 Å². The lowest BCUT2D eigenvalue weighted by Crippen LogP contribution is -1.93. The minimum Gasteiger partial charge on any atom is -0.0763 e. The molecule has 0 fully saturated rings. The molecule has 24 heavy (non-hydrogen) atoms. The molecule has 1 aliphatic rings. The quantitative estimate of drug-likeness (QED) is 0.577. The van der Waals surface area contributed by atoms with E-state index in [9.17, 15) is 0 Å². The Hall–Kier alpha value is -1.82. The van der Waals surface area contributed by atoms with Crippen LogP contribution < -0.4 is 0 Å². The maximum atomic E-state index is 2.38. The van der Waals surface area contributed by atoms with E-state index in [1.807, 2.05) is 0 Å². The van der Waals surface area contributed by atoms with Crippen LogP contribution in [0.5, 0.6) is 0 Å². The molecule has 0 unspecified atom stereocenters. The molecule has 0 N–H and O–H groups in total. The lowest BCUT2D eigenvalue weighted by atomic mass is 9.98. The first-order valence-corrected chi connectivity index (χ1v) is 9.28. The summed E-state index contributed by atoms with van der Waals surface area (Å²) in [5.74, 6) is 1.52. The fraction of sp³-hybridized carbons (Fsp3) is 0.417. The Bertz CT molecular complexity index is 657. The summed E-state index contributed by atoms with van der Waals surface area (Å²) >= 11 is 0. The van der Waals surface area contributed by atoms with Crippen molar-refractivity contribution in [1.82, 2.24) is 0 Å². The Labute approximate surface area is 148 Å². The molecule has 0 bridgehead atoms. The van der Waals surface area contributed by atoms with Gasteiger partial charge in [-0.1, -0.05) is 87.9 Å². The fourth-order valence-corrected chi connectivity index (χ4v) is 3.18. The number of benzene rings is 2. The van der Waals surface area contributed by atoms with Gasteiger partial charge in [0.2, 0.25) is 0 Å². The van der Waals surface area contributed by atoms with Gasteiger partial charge in [-0.25, -0.2) is 0 Å². The van der Waals surface area contributed by atoms with E-state index >= 15 is 0 Å². The molecule has 128 valence electrons. The molecular weight excluding hydrogens is 288 g/mol. The zero-order valence-electron chi connectivity index (χ0n) is 16.0. The number of allylic oxidation sites excluding steroid dienone is 2. The van der Waals surface area contributed by atoms with Crippen LogP contribution >= 0.6 is 0 Å². The van der Waals surface area contributed by atoms with E-state index in [-0.39, 0.29) is 0 Å². The highest BCUT2D eigenvalue weighted by Gasteiger charge is 2.13. The van der Waals surface area contributed by atoms with E-state index in [4.69, 9.17) is 0 Å². The van der Waals surface area contributed by atoms with E-state index in [2.05, 4.69) is 89.2 Å². The van der Waals surface area contributed by atoms with Crippen LogP contribution in [0.2, 0.25) is 0 Å². The van der Waals surface area contributed by atoms with Crippen LogP contribution in [0.4, 0.5) is 0 Å². The molecule has 0 nitrogen and oxygen atoms in total. The van der Waals surface area contributed by atoms with Gasteiger partial charge < -0.3 is 0 Å². The van der Waals surface area contributed by atoms with Crippen molar-refractivity contribution in [1.29, 1.82) is 0 Å². The second-order valence-corrected chi connectivity index (χ2v) is 7.77. The molecule has 0 aliphatic heterocycles. The molecule has 0 radical (unpaired) electrons. The zero-order chi connectivity index (χ0) is 17.5. The number of aryl methyl sites for hydroxylation is 1. The molecule has 0 amide bonds. The molecule has 1 aliphatic carbocycles. The Morgan fingerprint density at radius 1 is 0.792 bits per heavy atom. The predicted molar refractivity (Wildman–Crippen MR) is 107 cm³/mol. The largest absolute Gasteiger partial charge is 0.0763 e. The third-order valence-electron chi connectivity index (χ3n) is 4.32. The third kappa shape index (κ3) is 5.67. The van der Waals surface area contributed by atoms with Gasteiger partial charge in [-0.2, -0.15) is 0 Å². The summed E-state index contributed by atoms with van der Waals surface area (Å²) in [7, 11) is 0. The standard InChI is InChI=1S/C13H16.C11H16/c1-10(2)9-12-8-7-11-5-3-4-6-13(11)12;1-9(2)8-11-6-4-10(3)5-7-11/h3-6,8,10H,7,9H2,1-2H3;4-7,9H,8H2,1-3H3. The van der Waals surface area contributed by atoms with Gasteiger partial charge in [-0.15, -0.1) is 0 Å². The average Bonchev–Trinajstić information content (AvgIpc) is 2.93. The maximum absolute atomic E-state index is 2.38. The minimum atomic E-state index is 0.761. The molecule has 2 aromatic rings. The van der Waals surface area contributed by atoms with Gasteiger partial charge in [0.25, 0.3) is 0 Å². The topological polar surface area (TPSA) is 0 Å². The van der Waals surface area contributed by atoms with Crippen molar-refractivity contribution in [2.24, 2.45) is 11.8 Å². The van der Waals surface area contributed by atoms with Crippen molar-refractivity contribution in [3.05, 3.63) is 76.9 Å². The van der Waals surface area contributed by atoms with Crippen LogP contribution in [0.15, 0.2) is 54.6 Å². The Morgan fingerprint density at radius 3 is 2.04 bits per heavy atom. The second-order valence-electron chi connectivity index (χ2n) is 7.77. The predicted octanol–water partition coefficient (Wildman–Crippen LogP) is 6.87. The van der Waals surface area contributed by atoms with Crippen LogP contribution in [0.25, 0.3) is 5.57 Å². The number of hydrogen-bond acceptors (Lipinski definition) is 0. The van der Waals surface area contributed by atoms with Gasteiger partial charge in [-0.3, -0.25) is 0 Å². The van der Waals surface area contributed by atoms with Crippen LogP contribution in [-0.2, 0) is 12.8 Å². The van der Waals surface area contributed by atoms with Gasteiger partial charge >= 0.3 is 0 Å². The summed E-state index contributed by atoms with van der Waals surface area (Å²) < 4.78 is 0. The first-order chi connectivity index (χ1) is 11.5. The van der Waals surface area contributed by atoms with E-state index < -0.39 is 0 Å². The SMILES string of the molecule is CC(C)CC1=CCc2ccccc21.Cc1ccc(CC(C)C)cc1. The Balaban J connectivity index is 0.000000177. The van der Waals surface area contributed by atoms with E-state index in [0.29, 0.717) is 0 Å². The molecule has 0 atom stereocenters. The van der Waals surface area contributed by atoms with E-state index in [0.717, 1.165) is 18.3 Å². The first kappa shape index (κ1) is 18.5. The molecule has 0 saturated carbocycles. The fourth-order valence-electron chi connectivity index (χ4n) is 3.18. The maximum Gasteiger partial charge on any atom is -0.00854 e. The van der Waals surface area contributed by atoms with Crippen molar-refractivity contribution in [3.8, 4) is 0 Å². The molecule has 0 saturated heterocycles. The summed E-state index contributed by atoms with van der Waals surface area (Å²) in [4.78, 5) is 0. The number of hydrogen-bond donors (Lipinski definition) is 0. The van der Waals surface area contributed by atoms with Gasteiger partial charge in [0.1, 0.15) is 0 Å². The monoisotopic (exact) mass is 320 g/mol. The molecule has 0 heterocycles. The third-order valence-corrected chi connectivity index (χ3v) is 4.32. The minimum absolute atomic E-state index is 0.761. The van der Waals surface area contributed by atoms with Crippen LogP contribution in [-0.4, -0.2) is 0 Å². The summed E-state index contributed by atoms with van der Waals surface area (Å²) in [6, 6.07) is 17.5. The molecule has 0 heteroatoms. The second kappa shape index (κ2) is 8.87. The van der Waals surface area contributed by atoms with Crippen LogP contribution in [0.1, 0.15) is 56.4 Å². The Morgan fingerprint density at radius 2 is 1.42 bits per heavy atom. The van der Waals surface area contributed by atoms with Crippen LogP contribution in [0, 0.1) is 18.8 Å². The van der Waals surface area contributed by atoms with Crippen molar-refractivity contribution >= 4 is 5.57 Å². The summed E-state index contributed by atoms with van der Waals surface area (Å²) in [5, 5.41) is 0. The highest BCUT2D eigenvalue weighted by Crippen LogP contribution is 2.31. The van der Waals surface area contributed by atoms with Crippen molar-refractivity contribution in [3.63, 3.8) is 0 Å². The normalized spacial score (nSPS) is 12.7. The van der Waals surface area contributed by atoms with Crippen molar-refractivity contribution < 1.29 is 0 Å². The van der Waals surface area contributed by atoms with Crippen LogP contribution in [0.3, 0.4) is 0 Å². The first-order valence-electron chi connectivity index (χ1n) is 9.28. The number of rotatable bonds is 4. The Kier molecular flexibility index (Phi) is 6.85. The van der Waals surface area contributed by atoms with E-state index in [1.165, 1.54) is 35.1 Å². The van der Waals surface area contributed by atoms with Gasteiger partial charge in [0.15, 0.2) is 0 Å².